The van der Waals surface area contributed by atoms with Crippen molar-refractivity contribution in [3.05, 3.63) is 92.7 Å². The molecule has 2 aromatic carbocycles. The number of benzene rings is 2. The SMILES string of the molecule is C[C@H](N)CCCc1cc2c(c(C(C)(C)C)c1)CCC2=O.C[C@H](NCCCN=C(N)N)c1ccc(-n2cc3cc(C(C)(C)C)[nH]c3nc2=O)cc1. The zero-order valence-electron chi connectivity index (χ0n) is 31.3. The van der Waals surface area contributed by atoms with Crippen molar-refractivity contribution in [1.29, 1.82) is 0 Å². The summed E-state index contributed by atoms with van der Waals surface area (Å²) < 4.78 is 1.58. The van der Waals surface area contributed by atoms with Crippen molar-refractivity contribution in [2.75, 3.05) is 13.1 Å². The van der Waals surface area contributed by atoms with Gasteiger partial charge in [0.15, 0.2) is 11.7 Å². The Labute approximate surface area is 297 Å². The number of fused-ring (bicyclic) bond motifs is 2. The molecule has 5 rings (SSSR count). The number of nitrogens with one attached hydrogen (secondary N) is 2. The lowest BCUT2D eigenvalue weighted by Gasteiger charge is -2.24. The van der Waals surface area contributed by atoms with Crippen LogP contribution in [0.1, 0.15) is 125 Å². The number of rotatable bonds is 11. The third-order valence-electron chi connectivity index (χ3n) is 9.21. The molecule has 0 unspecified atom stereocenters. The number of hydrogen-bond donors (Lipinski definition) is 5. The highest BCUT2D eigenvalue weighted by atomic mass is 16.1. The van der Waals surface area contributed by atoms with Crippen molar-refractivity contribution in [1.82, 2.24) is 19.9 Å². The number of guanidine groups is 1. The van der Waals surface area contributed by atoms with Gasteiger partial charge in [0.2, 0.25) is 0 Å². The molecular weight excluding hydrogens is 624 g/mol. The molecule has 0 saturated carbocycles. The summed E-state index contributed by atoms with van der Waals surface area (Å²) in [6.45, 7) is 18.6. The van der Waals surface area contributed by atoms with Gasteiger partial charge in [-0.25, -0.2) is 4.79 Å². The number of Topliss-reactive ketones (excluding diaryl/α,β-unsaturated/α-hetero) is 1. The highest BCUT2D eigenvalue weighted by Crippen LogP contribution is 2.35. The van der Waals surface area contributed by atoms with Gasteiger partial charge in [0.05, 0.1) is 5.69 Å². The summed E-state index contributed by atoms with van der Waals surface area (Å²) in [7, 11) is 0. The fraction of sp³-hybridized carbons (Fsp3) is 0.500. The second-order valence-corrected chi connectivity index (χ2v) is 15.8. The summed E-state index contributed by atoms with van der Waals surface area (Å²) in [5, 5.41) is 4.36. The number of H-pyrrole nitrogens is 1. The van der Waals surface area contributed by atoms with E-state index in [4.69, 9.17) is 17.2 Å². The standard InChI is InChI=1S/C22H31N7O.C18H27NO/c1-14(25-10-5-11-26-20(23)24)15-6-8-17(9-7-15)29-13-16-12-18(22(2,3)4)27-19(16)28-21(29)30;1-12(19)6-5-7-13-10-15-14(8-9-17(15)20)16(11-13)18(2,3)4/h6-9,12-14,25H,5,10-11H2,1-4H3,(H4,23,24,26)(H,27,28,30);10-12H,5-9,19H2,1-4H3/t14-;12-/m00/s1. The Morgan fingerprint density at radius 3 is 2.30 bits per heavy atom. The number of carbonyl (C=O) groups excluding carboxylic acids is 1. The Morgan fingerprint density at radius 1 is 0.980 bits per heavy atom. The van der Waals surface area contributed by atoms with E-state index in [1.807, 2.05) is 37.4 Å². The van der Waals surface area contributed by atoms with Crippen LogP contribution in [-0.2, 0) is 23.7 Å². The number of carbonyl (C=O) groups is 1. The molecule has 2 atom stereocenters. The van der Waals surface area contributed by atoms with Crippen molar-refractivity contribution in [2.45, 2.75) is 117 Å². The maximum absolute atomic E-state index is 12.6. The summed E-state index contributed by atoms with van der Waals surface area (Å²) in [6.07, 6.45) is 7.45. The molecule has 1 aliphatic carbocycles. The van der Waals surface area contributed by atoms with Gasteiger partial charge in [-0.2, -0.15) is 4.98 Å². The molecule has 0 fully saturated rings. The molecule has 10 nitrogen and oxygen atoms in total. The number of ketones is 1. The second kappa shape index (κ2) is 16.2. The summed E-state index contributed by atoms with van der Waals surface area (Å²) in [4.78, 5) is 36.1. The Balaban J connectivity index is 0.000000244. The largest absolute Gasteiger partial charge is 0.370 e. The van der Waals surface area contributed by atoms with E-state index >= 15 is 0 Å². The zero-order chi connectivity index (χ0) is 36.8. The third kappa shape index (κ3) is 10.1. The molecule has 270 valence electrons. The molecular formula is C40H58N8O2. The molecule has 0 bridgehead atoms. The smallest absolute Gasteiger partial charge is 0.354 e. The van der Waals surface area contributed by atoms with Crippen molar-refractivity contribution in [2.24, 2.45) is 22.2 Å². The quantitative estimate of drug-likeness (QED) is 0.0722. The van der Waals surface area contributed by atoms with Crippen LogP contribution in [0.4, 0.5) is 0 Å². The van der Waals surface area contributed by atoms with Crippen LogP contribution in [0.25, 0.3) is 16.7 Å². The summed E-state index contributed by atoms with van der Waals surface area (Å²) in [6, 6.07) is 14.9. The minimum atomic E-state index is -0.302. The lowest BCUT2D eigenvalue weighted by atomic mass is 9.81. The number of nitrogens with zero attached hydrogens (tertiary/aromatic N) is 3. The van der Waals surface area contributed by atoms with Gasteiger partial charge in [0.25, 0.3) is 0 Å². The van der Waals surface area contributed by atoms with Gasteiger partial charge < -0.3 is 27.5 Å². The molecule has 2 heterocycles. The molecule has 2 aromatic heterocycles. The molecule has 0 saturated heterocycles. The highest BCUT2D eigenvalue weighted by molar-refractivity contribution is 6.01. The van der Waals surface area contributed by atoms with Crippen molar-refractivity contribution in [3.8, 4) is 5.69 Å². The van der Waals surface area contributed by atoms with Crippen LogP contribution in [0.2, 0.25) is 0 Å². The fourth-order valence-electron chi connectivity index (χ4n) is 6.30. The Hall–Kier alpha value is -4.28. The topological polar surface area (TPSA) is 170 Å². The highest BCUT2D eigenvalue weighted by Gasteiger charge is 2.28. The molecule has 1 aliphatic rings. The summed E-state index contributed by atoms with van der Waals surface area (Å²) in [5.74, 6) is 0.440. The van der Waals surface area contributed by atoms with E-state index < -0.39 is 0 Å². The molecule has 50 heavy (non-hydrogen) atoms. The average Bonchev–Trinajstić information content (AvgIpc) is 3.63. The van der Waals surface area contributed by atoms with Crippen LogP contribution in [-0.4, -0.2) is 45.4 Å². The molecule has 0 spiro atoms. The number of aromatic amines is 1. The van der Waals surface area contributed by atoms with Crippen LogP contribution in [0.5, 0.6) is 0 Å². The number of hydrogen-bond acceptors (Lipinski definition) is 6. The van der Waals surface area contributed by atoms with E-state index in [0.29, 0.717) is 24.4 Å². The van der Waals surface area contributed by atoms with E-state index in [2.05, 4.69) is 86.9 Å². The van der Waals surface area contributed by atoms with Gasteiger partial charge in [0.1, 0.15) is 5.65 Å². The molecule has 0 aliphatic heterocycles. The van der Waals surface area contributed by atoms with Gasteiger partial charge >= 0.3 is 5.69 Å². The first-order chi connectivity index (χ1) is 23.4. The monoisotopic (exact) mass is 682 g/mol. The maximum Gasteiger partial charge on any atom is 0.354 e. The number of aryl methyl sites for hydroxylation is 1. The first-order valence-electron chi connectivity index (χ1n) is 17.9. The van der Waals surface area contributed by atoms with Gasteiger partial charge in [0, 0.05) is 53.3 Å². The summed E-state index contributed by atoms with van der Waals surface area (Å²) >= 11 is 0. The minimum absolute atomic E-state index is 0.0390. The normalized spacial score (nSPS) is 14.2. The van der Waals surface area contributed by atoms with Crippen LogP contribution >= 0.6 is 0 Å². The molecule has 10 heteroatoms. The van der Waals surface area contributed by atoms with E-state index in [-0.39, 0.29) is 34.6 Å². The predicted octanol–water partition coefficient (Wildman–Crippen LogP) is 6.11. The van der Waals surface area contributed by atoms with Crippen LogP contribution < -0.4 is 28.2 Å². The molecule has 4 aromatic rings. The van der Waals surface area contributed by atoms with Crippen molar-refractivity contribution in [3.63, 3.8) is 0 Å². The Bertz CT molecular complexity index is 1850. The lowest BCUT2D eigenvalue weighted by Crippen LogP contribution is -2.24. The molecule has 0 amide bonds. The van der Waals surface area contributed by atoms with Gasteiger partial charge in [-0.3, -0.25) is 14.4 Å². The zero-order valence-corrected chi connectivity index (χ0v) is 31.3. The second-order valence-electron chi connectivity index (χ2n) is 15.8. The maximum atomic E-state index is 12.6. The van der Waals surface area contributed by atoms with Crippen LogP contribution in [0.3, 0.4) is 0 Å². The Kier molecular flexibility index (Phi) is 12.5. The van der Waals surface area contributed by atoms with Gasteiger partial charge in [-0.15, -0.1) is 0 Å². The first-order valence-corrected chi connectivity index (χ1v) is 17.9. The molecule has 0 radical (unpaired) electrons. The van der Waals surface area contributed by atoms with E-state index in [9.17, 15) is 9.59 Å². The third-order valence-corrected chi connectivity index (χ3v) is 9.21. The van der Waals surface area contributed by atoms with Crippen molar-refractivity contribution < 1.29 is 4.79 Å². The number of nitrogens with two attached hydrogens (primary N) is 3. The van der Waals surface area contributed by atoms with E-state index in [1.165, 1.54) is 16.7 Å². The van der Waals surface area contributed by atoms with E-state index in [0.717, 1.165) is 66.5 Å². The predicted molar refractivity (Wildman–Crippen MR) is 206 cm³/mol. The summed E-state index contributed by atoms with van der Waals surface area (Å²) in [5.41, 5.74) is 24.8. The first kappa shape index (κ1) is 38.5. The van der Waals surface area contributed by atoms with Crippen molar-refractivity contribution >= 4 is 22.8 Å². The fourth-order valence-corrected chi connectivity index (χ4v) is 6.30. The Morgan fingerprint density at radius 2 is 1.68 bits per heavy atom. The average molecular weight is 683 g/mol. The van der Waals surface area contributed by atoms with Gasteiger partial charge in [-0.1, -0.05) is 59.7 Å². The van der Waals surface area contributed by atoms with Gasteiger partial charge in [-0.05, 0) is 104 Å². The lowest BCUT2D eigenvalue weighted by molar-refractivity contribution is 0.0994. The van der Waals surface area contributed by atoms with E-state index in [1.54, 1.807) is 4.57 Å². The molecule has 8 N–H and O–H groups in total. The van der Waals surface area contributed by atoms with Crippen LogP contribution in [0, 0.1) is 0 Å². The van der Waals surface area contributed by atoms with Crippen LogP contribution in [0.15, 0.2) is 58.4 Å². The number of aromatic nitrogens is 3. The number of aliphatic imine (C=N–C) groups is 1. The minimum Gasteiger partial charge on any atom is -0.370 e.